The lowest BCUT2D eigenvalue weighted by Gasteiger charge is -2.11. The van der Waals surface area contributed by atoms with Crippen LogP contribution < -0.4 is 14.8 Å². The summed E-state index contributed by atoms with van der Waals surface area (Å²) >= 11 is 0. The Kier molecular flexibility index (Phi) is 3.29. The first-order chi connectivity index (χ1) is 9.79. The molecular weight excluding hydrogens is 254 g/mol. The second kappa shape index (κ2) is 5.25. The third kappa shape index (κ3) is 2.20. The highest BCUT2D eigenvalue weighted by Gasteiger charge is 2.19. The quantitative estimate of drug-likeness (QED) is 0.932. The molecule has 102 valence electrons. The fourth-order valence-corrected chi connectivity index (χ4v) is 2.34. The largest absolute Gasteiger partial charge is 0.496 e. The number of para-hydroxylation sites is 2. The minimum atomic E-state index is -0.202. The van der Waals surface area contributed by atoms with E-state index in [4.69, 9.17) is 9.47 Å². The number of methoxy groups -OCH3 is 1. The van der Waals surface area contributed by atoms with Gasteiger partial charge in [0.15, 0.2) is 0 Å². The van der Waals surface area contributed by atoms with E-state index in [-0.39, 0.29) is 5.91 Å². The van der Waals surface area contributed by atoms with Crippen molar-refractivity contribution in [2.24, 2.45) is 0 Å². The van der Waals surface area contributed by atoms with Crippen molar-refractivity contribution in [2.45, 2.75) is 6.42 Å². The van der Waals surface area contributed by atoms with E-state index in [9.17, 15) is 4.79 Å². The third-order valence-corrected chi connectivity index (χ3v) is 3.31. The van der Waals surface area contributed by atoms with Crippen LogP contribution in [0.2, 0.25) is 0 Å². The van der Waals surface area contributed by atoms with Gasteiger partial charge in [0.05, 0.1) is 25.0 Å². The maximum absolute atomic E-state index is 12.3. The number of benzene rings is 2. The number of carbonyl (C=O) groups excluding carboxylic acids is 1. The molecule has 1 heterocycles. The van der Waals surface area contributed by atoms with Crippen LogP contribution in [0.4, 0.5) is 5.69 Å². The van der Waals surface area contributed by atoms with Crippen LogP contribution in [0.5, 0.6) is 11.5 Å². The molecule has 20 heavy (non-hydrogen) atoms. The third-order valence-electron chi connectivity index (χ3n) is 3.31. The molecule has 0 saturated heterocycles. The molecular formula is C16H15NO3. The number of ether oxygens (including phenoxy) is 2. The van der Waals surface area contributed by atoms with Crippen LogP contribution >= 0.6 is 0 Å². The van der Waals surface area contributed by atoms with Gasteiger partial charge in [0, 0.05) is 6.42 Å². The SMILES string of the molecule is COc1ccccc1C(=O)Nc1cccc2c1OCC2. The molecule has 0 spiro atoms. The number of hydrogen-bond donors (Lipinski definition) is 1. The van der Waals surface area contributed by atoms with Crippen LogP contribution in [0.3, 0.4) is 0 Å². The predicted octanol–water partition coefficient (Wildman–Crippen LogP) is 2.88. The number of carbonyl (C=O) groups is 1. The summed E-state index contributed by atoms with van der Waals surface area (Å²) in [5, 5.41) is 2.89. The molecule has 0 radical (unpaired) electrons. The van der Waals surface area contributed by atoms with Gasteiger partial charge in [-0.1, -0.05) is 24.3 Å². The molecule has 0 atom stereocenters. The Labute approximate surface area is 117 Å². The summed E-state index contributed by atoms with van der Waals surface area (Å²) in [5.41, 5.74) is 2.34. The fourth-order valence-electron chi connectivity index (χ4n) is 2.34. The number of amides is 1. The normalized spacial score (nSPS) is 12.4. The molecule has 1 aliphatic heterocycles. The Morgan fingerprint density at radius 1 is 1.20 bits per heavy atom. The standard InChI is InChI=1S/C16H15NO3/c1-19-14-8-3-2-6-12(14)16(18)17-13-7-4-5-11-9-10-20-15(11)13/h2-8H,9-10H2,1H3,(H,17,18). The molecule has 2 aromatic carbocycles. The maximum Gasteiger partial charge on any atom is 0.259 e. The maximum atomic E-state index is 12.3. The molecule has 4 nitrogen and oxygen atoms in total. The van der Waals surface area contributed by atoms with Crippen LogP contribution in [0.25, 0.3) is 0 Å². The van der Waals surface area contributed by atoms with Gasteiger partial charge in [-0.15, -0.1) is 0 Å². The van der Waals surface area contributed by atoms with Gasteiger partial charge in [-0.2, -0.15) is 0 Å². The van der Waals surface area contributed by atoms with E-state index in [0.29, 0.717) is 23.6 Å². The van der Waals surface area contributed by atoms with Crippen molar-refractivity contribution in [3.8, 4) is 11.5 Å². The number of nitrogens with one attached hydrogen (secondary N) is 1. The predicted molar refractivity (Wildman–Crippen MR) is 76.6 cm³/mol. The first-order valence-corrected chi connectivity index (χ1v) is 6.48. The van der Waals surface area contributed by atoms with Crippen LogP contribution in [-0.2, 0) is 6.42 Å². The highest BCUT2D eigenvalue weighted by Crippen LogP contribution is 2.34. The monoisotopic (exact) mass is 269 g/mol. The fraction of sp³-hybridized carbons (Fsp3) is 0.188. The van der Waals surface area contributed by atoms with Crippen molar-refractivity contribution in [3.63, 3.8) is 0 Å². The second-order valence-corrected chi connectivity index (χ2v) is 4.55. The van der Waals surface area contributed by atoms with Crippen LogP contribution in [0.1, 0.15) is 15.9 Å². The summed E-state index contributed by atoms with van der Waals surface area (Å²) in [4.78, 5) is 12.3. The van der Waals surface area contributed by atoms with Crippen molar-refractivity contribution >= 4 is 11.6 Å². The van der Waals surface area contributed by atoms with E-state index in [1.54, 1.807) is 19.2 Å². The molecule has 0 unspecified atom stereocenters. The van der Waals surface area contributed by atoms with Crippen LogP contribution in [0, 0.1) is 0 Å². The lowest BCUT2D eigenvalue weighted by atomic mass is 10.1. The molecule has 1 aliphatic rings. The Balaban J connectivity index is 1.88. The van der Waals surface area contributed by atoms with Gasteiger partial charge >= 0.3 is 0 Å². The number of rotatable bonds is 3. The van der Waals surface area contributed by atoms with Gasteiger partial charge in [0.1, 0.15) is 11.5 Å². The Morgan fingerprint density at radius 2 is 2.05 bits per heavy atom. The molecule has 4 heteroatoms. The summed E-state index contributed by atoms with van der Waals surface area (Å²) < 4.78 is 10.8. The zero-order valence-corrected chi connectivity index (χ0v) is 11.2. The lowest BCUT2D eigenvalue weighted by Crippen LogP contribution is -2.13. The molecule has 0 saturated carbocycles. The minimum absolute atomic E-state index is 0.202. The topological polar surface area (TPSA) is 47.6 Å². The summed E-state index contributed by atoms with van der Waals surface area (Å²) in [6.45, 7) is 0.664. The van der Waals surface area contributed by atoms with Gasteiger partial charge in [-0.3, -0.25) is 4.79 Å². The zero-order chi connectivity index (χ0) is 13.9. The lowest BCUT2D eigenvalue weighted by molar-refractivity contribution is 0.102. The molecule has 0 aromatic heterocycles. The van der Waals surface area contributed by atoms with Crippen molar-refractivity contribution in [3.05, 3.63) is 53.6 Å². The number of anilines is 1. The summed E-state index contributed by atoms with van der Waals surface area (Å²) in [7, 11) is 1.55. The average Bonchev–Trinajstić information content (AvgIpc) is 2.96. The van der Waals surface area contributed by atoms with E-state index >= 15 is 0 Å². The zero-order valence-electron chi connectivity index (χ0n) is 11.2. The van der Waals surface area contributed by atoms with Crippen molar-refractivity contribution < 1.29 is 14.3 Å². The summed E-state index contributed by atoms with van der Waals surface area (Å²) in [6, 6.07) is 12.9. The molecule has 0 bridgehead atoms. The molecule has 2 aromatic rings. The van der Waals surface area contributed by atoms with Gasteiger partial charge in [-0.05, 0) is 23.8 Å². The minimum Gasteiger partial charge on any atom is -0.496 e. The van der Waals surface area contributed by atoms with Crippen LogP contribution in [0.15, 0.2) is 42.5 Å². The highest BCUT2D eigenvalue weighted by atomic mass is 16.5. The second-order valence-electron chi connectivity index (χ2n) is 4.55. The van der Waals surface area contributed by atoms with Crippen molar-refractivity contribution in [1.29, 1.82) is 0 Å². The molecule has 0 fully saturated rings. The smallest absolute Gasteiger partial charge is 0.259 e. The Bertz CT molecular complexity index is 652. The molecule has 1 amide bonds. The van der Waals surface area contributed by atoms with E-state index in [1.165, 1.54) is 0 Å². The van der Waals surface area contributed by atoms with Crippen molar-refractivity contribution in [2.75, 3.05) is 19.0 Å². The first kappa shape index (κ1) is 12.5. The Hall–Kier alpha value is -2.49. The van der Waals surface area contributed by atoms with Crippen LogP contribution in [-0.4, -0.2) is 19.6 Å². The van der Waals surface area contributed by atoms with E-state index in [1.807, 2.05) is 30.3 Å². The van der Waals surface area contributed by atoms with E-state index in [2.05, 4.69) is 5.32 Å². The first-order valence-electron chi connectivity index (χ1n) is 6.48. The number of fused-ring (bicyclic) bond motifs is 1. The van der Waals surface area contributed by atoms with Gasteiger partial charge < -0.3 is 14.8 Å². The van der Waals surface area contributed by atoms with Gasteiger partial charge in [0.2, 0.25) is 0 Å². The van der Waals surface area contributed by atoms with Gasteiger partial charge in [-0.25, -0.2) is 0 Å². The Morgan fingerprint density at radius 3 is 2.90 bits per heavy atom. The summed E-state index contributed by atoms with van der Waals surface area (Å²) in [5.74, 6) is 1.13. The average molecular weight is 269 g/mol. The van der Waals surface area contributed by atoms with Gasteiger partial charge in [0.25, 0.3) is 5.91 Å². The van der Waals surface area contributed by atoms with Crippen molar-refractivity contribution in [1.82, 2.24) is 0 Å². The number of hydrogen-bond acceptors (Lipinski definition) is 3. The highest BCUT2D eigenvalue weighted by molar-refractivity contribution is 6.07. The molecule has 0 aliphatic carbocycles. The molecule has 3 rings (SSSR count). The van der Waals surface area contributed by atoms with E-state index < -0.39 is 0 Å². The molecule has 1 N–H and O–H groups in total. The summed E-state index contributed by atoms with van der Waals surface area (Å²) in [6.07, 6.45) is 0.883. The van der Waals surface area contributed by atoms with E-state index in [0.717, 1.165) is 17.7 Å².